The SMILES string of the molecule is CC(C)Cc1cc(-c2[c-]cccc2)ncc1[Si](C)(C)C.CC(C)c1cccc(C(C)C)c1-n1c(-c2[c-]ccc3c2oc2cc(F)ccc23)nc2ccccc21.[Ir]. The molecule has 1 radical (unpaired) electrons. The third-order valence-electron chi connectivity index (χ3n) is 10.2. The van der Waals surface area contributed by atoms with Gasteiger partial charge in [-0.2, -0.15) is 0 Å². The van der Waals surface area contributed by atoms with Crippen molar-refractivity contribution in [1.82, 2.24) is 14.5 Å². The number of pyridine rings is 1. The maximum atomic E-state index is 14.0. The molecule has 7 heteroatoms. The summed E-state index contributed by atoms with van der Waals surface area (Å²) < 4.78 is 22.5. The van der Waals surface area contributed by atoms with Crippen LogP contribution >= 0.6 is 0 Å². The van der Waals surface area contributed by atoms with E-state index < -0.39 is 8.07 Å². The van der Waals surface area contributed by atoms with Gasteiger partial charge in [0, 0.05) is 43.4 Å². The minimum Gasteiger partial charge on any atom is -0.500 e. The molecule has 4 nitrogen and oxygen atoms in total. The van der Waals surface area contributed by atoms with Gasteiger partial charge in [-0.1, -0.05) is 114 Å². The molecule has 5 aromatic carbocycles. The van der Waals surface area contributed by atoms with Crippen LogP contribution in [-0.4, -0.2) is 22.6 Å². The Balaban J connectivity index is 0.000000217. The van der Waals surface area contributed by atoms with E-state index in [4.69, 9.17) is 9.40 Å². The summed E-state index contributed by atoms with van der Waals surface area (Å²) in [5, 5.41) is 3.30. The fourth-order valence-corrected chi connectivity index (χ4v) is 9.14. The van der Waals surface area contributed by atoms with E-state index in [1.165, 1.54) is 34.0 Å². The third-order valence-corrected chi connectivity index (χ3v) is 12.2. The van der Waals surface area contributed by atoms with Gasteiger partial charge < -0.3 is 14.0 Å². The van der Waals surface area contributed by atoms with Crippen LogP contribution < -0.4 is 5.19 Å². The molecule has 0 N–H and O–H groups in total. The molecule has 0 aliphatic heterocycles. The molecule has 0 saturated carbocycles. The van der Waals surface area contributed by atoms with Crippen LogP contribution in [0.1, 0.15) is 70.1 Å². The molecule has 0 spiro atoms. The molecule has 3 aromatic heterocycles. The van der Waals surface area contributed by atoms with Gasteiger partial charge in [0.15, 0.2) is 0 Å². The Morgan fingerprint density at radius 3 is 2.14 bits per heavy atom. The van der Waals surface area contributed by atoms with Crippen LogP contribution in [0.4, 0.5) is 4.39 Å². The quantitative estimate of drug-likeness (QED) is 0.113. The molecule has 8 rings (SSSR count). The predicted molar refractivity (Wildman–Crippen MR) is 231 cm³/mol. The first-order chi connectivity index (χ1) is 26.3. The zero-order chi connectivity index (χ0) is 39.0. The van der Waals surface area contributed by atoms with E-state index in [2.05, 4.69) is 125 Å². The molecule has 0 aliphatic rings. The van der Waals surface area contributed by atoms with Crippen molar-refractivity contribution in [3.05, 3.63) is 144 Å². The number of hydrogen-bond donors (Lipinski definition) is 0. The Morgan fingerprint density at radius 1 is 0.768 bits per heavy atom. The maximum absolute atomic E-state index is 14.0. The normalized spacial score (nSPS) is 11.8. The minimum atomic E-state index is -1.34. The van der Waals surface area contributed by atoms with Gasteiger partial charge in [-0.25, -0.2) is 4.39 Å². The van der Waals surface area contributed by atoms with Crippen molar-refractivity contribution in [3.8, 4) is 28.3 Å². The fraction of sp³-hybridized carbons (Fsp3) is 0.265. The molecule has 289 valence electrons. The second-order valence-corrected chi connectivity index (χ2v) is 21.6. The molecule has 0 atom stereocenters. The zero-order valence-electron chi connectivity index (χ0n) is 33.8. The van der Waals surface area contributed by atoms with Crippen molar-refractivity contribution in [2.75, 3.05) is 0 Å². The van der Waals surface area contributed by atoms with Crippen LogP contribution in [0, 0.1) is 23.9 Å². The molecule has 0 amide bonds. The van der Waals surface area contributed by atoms with Gasteiger partial charge in [-0.3, -0.25) is 4.98 Å². The molecule has 8 aromatic rings. The Kier molecular flexibility index (Phi) is 12.3. The Labute approximate surface area is 345 Å². The van der Waals surface area contributed by atoms with Gasteiger partial charge in [0.1, 0.15) is 11.4 Å². The molecular weight excluding hydrogens is 886 g/mol. The van der Waals surface area contributed by atoms with Gasteiger partial charge in [0.25, 0.3) is 0 Å². The average Bonchev–Trinajstić information content (AvgIpc) is 3.72. The van der Waals surface area contributed by atoms with Crippen LogP contribution in [-0.2, 0) is 26.5 Å². The fourth-order valence-electron chi connectivity index (χ4n) is 7.55. The summed E-state index contributed by atoms with van der Waals surface area (Å²) in [7, 11) is -1.34. The van der Waals surface area contributed by atoms with Crippen LogP contribution in [0.15, 0.2) is 114 Å². The summed E-state index contributed by atoms with van der Waals surface area (Å²) in [6.45, 7) is 20.6. The van der Waals surface area contributed by atoms with Crippen LogP contribution in [0.5, 0.6) is 0 Å². The van der Waals surface area contributed by atoms with E-state index in [0.29, 0.717) is 28.9 Å². The number of halogens is 1. The van der Waals surface area contributed by atoms with E-state index >= 15 is 0 Å². The first kappa shape index (κ1) is 41.0. The molecule has 0 fully saturated rings. The molecule has 56 heavy (non-hydrogen) atoms. The first-order valence-corrected chi connectivity index (χ1v) is 22.9. The van der Waals surface area contributed by atoms with Crippen molar-refractivity contribution >= 4 is 46.2 Å². The van der Waals surface area contributed by atoms with Crippen LogP contribution in [0.25, 0.3) is 61.3 Å². The summed E-state index contributed by atoms with van der Waals surface area (Å²) >= 11 is 0. The topological polar surface area (TPSA) is 43.9 Å². The van der Waals surface area contributed by atoms with E-state index in [1.807, 2.05) is 48.5 Å². The van der Waals surface area contributed by atoms with Gasteiger partial charge >= 0.3 is 0 Å². The van der Waals surface area contributed by atoms with Crippen molar-refractivity contribution in [1.29, 1.82) is 0 Å². The number of benzene rings is 5. The number of furan rings is 1. The molecule has 0 saturated heterocycles. The van der Waals surface area contributed by atoms with Gasteiger partial charge in [0.2, 0.25) is 0 Å². The smallest absolute Gasteiger partial charge is 0.126 e. The molecule has 0 aliphatic carbocycles. The largest absolute Gasteiger partial charge is 0.500 e. The van der Waals surface area contributed by atoms with E-state index in [1.54, 1.807) is 6.07 Å². The number of imidazole rings is 1. The predicted octanol–water partition coefficient (Wildman–Crippen LogP) is 13.1. The van der Waals surface area contributed by atoms with Crippen molar-refractivity contribution in [2.45, 2.75) is 79.4 Å². The second-order valence-electron chi connectivity index (χ2n) is 16.5. The third kappa shape index (κ3) is 8.22. The van der Waals surface area contributed by atoms with Gasteiger partial charge in [-0.15, -0.1) is 54.1 Å². The van der Waals surface area contributed by atoms with Gasteiger partial charge in [0.05, 0.1) is 30.5 Å². The number of aromatic nitrogens is 3. The van der Waals surface area contributed by atoms with E-state index in [0.717, 1.165) is 56.6 Å². The van der Waals surface area contributed by atoms with Crippen LogP contribution in [0.3, 0.4) is 0 Å². The summed E-state index contributed by atoms with van der Waals surface area (Å²) in [4.78, 5) is 9.78. The van der Waals surface area contributed by atoms with Gasteiger partial charge in [-0.05, 0) is 70.4 Å². The minimum absolute atomic E-state index is 0. The molecular formula is C49H50FIrN3OSi-2. The monoisotopic (exact) mass is 936 g/mol. The Bertz CT molecular complexity index is 2590. The number of hydrogen-bond acceptors (Lipinski definition) is 3. The number of fused-ring (bicyclic) bond motifs is 4. The number of rotatable bonds is 8. The zero-order valence-corrected chi connectivity index (χ0v) is 37.2. The average molecular weight is 936 g/mol. The second kappa shape index (κ2) is 16.8. The standard InChI is InChI=1S/C31H26FN2O.C18H24NSi.Ir/c1-18(2)21-9-7-10-22(19(3)4)29(21)34-27-14-6-5-13-26(27)33-31(34)25-12-8-11-24-23-16-15-20(32)17-28(23)35-30(24)25;1-14(2)11-16-12-17(15-9-7-6-8-10-15)19-13-18(16)20(3,4)5;/h5-11,13-19H,1-4H3;6-9,12-14H,11H2,1-5H3;/q2*-1;. The van der Waals surface area contributed by atoms with Crippen LogP contribution in [0.2, 0.25) is 19.6 Å². The summed E-state index contributed by atoms with van der Waals surface area (Å²) in [5.74, 6) is 1.77. The molecule has 0 unspecified atom stereocenters. The van der Waals surface area contributed by atoms with Crippen molar-refractivity contribution in [2.24, 2.45) is 5.92 Å². The maximum Gasteiger partial charge on any atom is 0.126 e. The summed E-state index contributed by atoms with van der Waals surface area (Å²) in [6, 6.07) is 40.3. The number of nitrogens with zero attached hydrogens (tertiary/aromatic N) is 3. The molecule has 3 heterocycles. The Hall–Kier alpha value is -4.68. The first-order valence-electron chi connectivity index (χ1n) is 19.4. The summed E-state index contributed by atoms with van der Waals surface area (Å²) in [6.07, 6.45) is 3.24. The number of para-hydroxylation sites is 3. The van der Waals surface area contributed by atoms with E-state index in [9.17, 15) is 4.39 Å². The van der Waals surface area contributed by atoms with Crippen molar-refractivity contribution in [3.63, 3.8) is 0 Å². The summed E-state index contributed by atoms with van der Waals surface area (Å²) in [5.41, 5.74) is 11.2. The molecule has 0 bridgehead atoms. The Morgan fingerprint density at radius 2 is 1.48 bits per heavy atom. The van der Waals surface area contributed by atoms with E-state index in [-0.39, 0.29) is 25.9 Å². The van der Waals surface area contributed by atoms with Crippen molar-refractivity contribution < 1.29 is 28.9 Å².